The molecule has 0 aromatic carbocycles. The first kappa shape index (κ1) is 11.2. The summed E-state index contributed by atoms with van der Waals surface area (Å²) in [6.45, 7) is 2.89. The second-order valence-corrected chi connectivity index (χ2v) is 4.69. The summed E-state index contributed by atoms with van der Waals surface area (Å²) in [5.41, 5.74) is 0. The molecule has 0 radical (unpaired) electrons. The first-order valence-corrected chi connectivity index (χ1v) is 5.40. The van der Waals surface area contributed by atoms with Crippen LogP contribution in [0.1, 0.15) is 13.8 Å². The minimum Gasteiger partial charge on any atom is -0.287 e. The van der Waals surface area contributed by atoms with E-state index in [1.807, 2.05) is 0 Å². The quantitative estimate of drug-likeness (QED) is 0.719. The van der Waals surface area contributed by atoms with E-state index in [1.54, 1.807) is 0 Å². The van der Waals surface area contributed by atoms with Gasteiger partial charge in [0, 0.05) is 26.2 Å². The van der Waals surface area contributed by atoms with Crippen molar-refractivity contribution in [2.24, 2.45) is 0 Å². The topological polar surface area (TPSA) is 59.9 Å². The normalized spacial score (nSPS) is 9.86. The van der Waals surface area contributed by atoms with Crippen molar-refractivity contribution in [2.75, 3.05) is 0 Å². The summed E-state index contributed by atoms with van der Waals surface area (Å²) in [6, 6.07) is 0. The molecule has 0 fully saturated rings. The van der Waals surface area contributed by atoms with Crippen LogP contribution in [0.3, 0.4) is 0 Å². The third-order valence-corrected chi connectivity index (χ3v) is 2.80. The number of thioether (sulfide) groups is 2. The van der Waals surface area contributed by atoms with Gasteiger partial charge >= 0.3 is 0 Å². The van der Waals surface area contributed by atoms with Crippen molar-refractivity contribution in [2.45, 2.75) is 23.9 Å². The van der Waals surface area contributed by atoms with Crippen LogP contribution in [0, 0.1) is 0 Å². The van der Waals surface area contributed by atoms with Gasteiger partial charge in [-0.1, -0.05) is 0 Å². The lowest BCUT2D eigenvalue weighted by atomic mass is 10.8. The molecule has 0 N–H and O–H groups in total. The third kappa shape index (κ3) is 3.47. The molecule has 0 atom stereocenters. The smallest absolute Gasteiger partial charge is 0.192 e. The molecule has 1 heterocycles. The lowest BCUT2D eigenvalue weighted by Crippen LogP contribution is -1.93. The molecule has 0 spiro atoms. The van der Waals surface area contributed by atoms with Gasteiger partial charge in [-0.15, -0.1) is 0 Å². The first-order chi connectivity index (χ1) is 6.59. The molecule has 1 aromatic heterocycles. The Balaban J connectivity index is 2.90. The predicted octanol–water partition coefficient (Wildman–Crippen LogP) is 1.75. The molecule has 14 heavy (non-hydrogen) atoms. The Bertz CT molecular complexity index is 333. The van der Waals surface area contributed by atoms with Crippen LogP contribution in [0.25, 0.3) is 0 Å². The molecule has 0 aliphatic heterocycles. The zero-order valence-corrected chi connectivity index (χ0v) is 9.32. The van der Waals surface area contributed by atoms with E-state index >= 15 is 0 Å². The van der Waals surface area contributed by atoms with Gasteiger partial charge in [0.1, 0.15) is 10.1 Å². The van der Waals surface area contributed by atoms with E-state index < -0.39 is 0 Å². The molecular weight excluding hydrogens is 220 g/mol. The van der Waals surface area contributed by atoms with Crippen molar-refractivity contribution in [1.29, 1.82) is 0 Å². The van der Waals surface area contributed by atoms with Crippen LogP contribution in [0.15, 0.2) is 22.4 Å². The summed E-state index contributed by atoms with van der Waals surface area (Å²) in [4.78, 5) is 29.7. The summed E-state index contributed by atoms with van der Waals surface area (Å²) >= 11 is 1.96. The van der Waals surface area contributed by atoms with Gasteiger partial charge in [0.25, 0.3) is 0 Å². The molecule has 4 nitrogen and oxygen atoms in total. The Labute approximate surface area is 89.9 Å². The van der Waals surface area contributed by atoms with E-state index in [-0.39, 0.29) is 10.2 Å². The molecule has 0 saturated carbocycles. The SMILES string of the molecule is CC(=O)Sc1nccnc1SC(C)=O. The fraction of sp³-hybridized carbons (Fsp3) is 0.250. The fourth-order valence-electron chi connectivity index (χ4n) is 0.725. The highest BCUT2D eigenvalue weighted by molar-refractivity contribution is 8.16. The predicted molar refractivity (Wildman–Crippen MR) is 55.1 cm³/mol. The van der Waals surface area contributed by atoms with Crippen LogP contribution in [0.2, 0.25) is 0 Å². The Morgan fingerprint density at radius 1 is 1.00 bits per heavy atom. The van der Waals surface area contributed by atoms with Gasteiger partial charge in [-0.2, -0.15) is 0 Å². The van der Waals surface area contributed by atoms with Crippen LogP contribution in [-0.2, 0) is 9.59 Å². The molecule has 0 aliphatic rings. The average Bonchev–Trinajstić information content (AvgIpc) is 2.06. The van der Waals surface area contributed by atoms with Crippen LogP contribution in [0.4, 0.5) is 0 Å². The van der Waals surface area contributed by atoms with Gasteiger partial charge in [0.05, 0.1) is 0 Å². The zero-order chi connectivity index (χ0) is 10.6. The Kier molecular flexibility index (Phi) is 4.09. The minimum absolute atomic E-state index is 0.0732. The summed E-state index contributed by atoms with van der Waals surface area (Å²) < 4.78 is 0. The highest BCUT2D eigenvalue weighted by Crippen LogP contribution is 2.27. The van der Waals surface area contributed by atoms with Crippen LogP contribution >= 0.6 is 23.5 Å². The second kappa shape index (κ2) is 5.11. The maximum absolute atomic E-state index is 10.9. The highest BCUT2D eigenvalue weighted by atomic mass is 32.2. The molecule has 0 saturated heterocycles. The van der Waals surface area contributed by atoms with Crippen molar-refractivity contribution in [3.63, 3.8) is 0 Å². The van der Waals surface area contributed by atoms with Gasteiger partial charge in [-0.3, -0.25) is 9.59 Å². The standard InChI is InChI=1S/C8H8N2O2S2/c1-5(11)13-7-8(14-6(2)12)10-4-3-9-7/h3-4H,1-2H3. The number of carbonyl (C=O) groups excluding carboxylic acids is 2. The lowest BCUT2D eigenvalue weighted by Gasteiger charge is -2.01. The van der Waals surface area contributed by atoms with Crippen molar-refractivity contribution in [3.8, 4) is 0 Å². The molecule has 0 amide bonds. The van der Waals surface area contributed by atoms with Gasteiger partial charge in [-0.05, 0) is 23.5 Å². The average molecular weight is 228 g/mol. The number of hydrogen-bond donors (Lipinski definition) is 0. The molecule has 0 bridgehead atoms. The monoisotopic (exact) mass is 228 g/mol. The minimum atomic E-state index is -0.0732. The number of nitrogens with zero attached hydrogens (tertiary/aromatic N) is 2. The van der Waals surface area contributed by atoms with E-state index in [1.165, 1.54) is 26.2 Å². The highest BCUT2D eigenvalue weighted by Gasteiger charge is 2.10. The van der Waals surface area contributed by atoms with Crippen molar-refractivity contribution >= 4 is 33.8 Å². The number of rotatable bonds is 2. The maximum atomic E-state index is 10.9. The molecule has 0 aliphatic carbocycles. The van der Waals surface area contributed by atoms with Crippen molar-refractivity contribution in [1.82, 2.24) is 9.97 Å². The number of aromatic nitrogens is 2. The second-order valence-electron chi connectivity index (χ2n) is 2.35. The fourth-order valence-corrected chi connectivity index (χ4v) is 2.03. The molecule has 1 rings (SSSR count). The van der Waals surface area contributed by atoms with Crippen molar-refractivity contribution < 1.29 is 9.59 Å². The van der Waals surface area contributed by atoms with Crippen LogP contribution < -0.4 is 0 Å². The molecule has 0 unspecified atom stereocenters. The largest absolute Gasteiger partial charge is 0.287 e. The van der Waals surface area contributed by atoms with Gasteiger partial charge < -0.3 is 0 Å². The Morgan fingerprint density at radius 3 is 1.64 bits per heavy atom. The van der Waals surface area contributed by atoms with Gasteiger partial charge in [0.15, 0.2) is 10.2 Å². The first-order valence-electron chi connectivity index (χ1n) is 3.77. The lowest BCUT2D eigenvalue weighted by molar-refractivity contribution is -0.110. The Hall–Kier alpha value is -0.880. The number of carbonyl (C=O) groups is 2. The molecule has 6 heteroatoms. The zero-order valence-electron chi connectivity index (χ0n) is 7.68. The third-order valence-electron chi connectivity index (χ3n) is 1.11. The van der Waals surface area contributed by atoms with E-state index in [9.17, 15) is 9.59 Å². The van der Waals surface area contributed by atoms with Crippen LogP contribution in [-0.4, -0.2) is 20.2 Å². The number of hydrogen-bond acceptors (Lipinski definition) is 6. The van der Waals surface area contributed by atoms with E-state index in [0.717, 1.165) is 23.5 Å². The van der Waals surface area contributed by atoms with Gasteiger partial charge in [-0.25, -0.2) is 9.97 Å². The van der Waals surface area contributed by atoms with Crippen LogP contribution in [0.5, 0.6) is 0 Å². The van der Waals surface area contributed by atoms with Crippen molar-refractivity contribution in [3.05, 3.63) is 12.4 Å². The maximum Gasteiger partial charge on any atom is 0.192 e. The Morgan fingerprint density at radius 2 is 1.36 bits per heavy atom. The summed E-state index contributed by atoms with van der Waals surface area (Å²) in [5, 5.41) is 0.826. The summed E-state index contributed by atoms with van der Waals surface area (Å²) in [6.07, 6.45) is 2.99. The summed E-state index contributed by atoms with van der Waals surface area (Å²) in [7, 11) is 0. The van der Waals surface area contributed by atoms with E-state index in [0.29, 0.717) is 10.1 Å². The summed E-state index contributed by atoms with van der Waals surface area (Å²) in [5.74, 6) is 0. The molecule has 1 aromatic rings. The molecular formula is C8H8N2O2S2. The van der Waals surface area contributed by atoms with Gasteiger partial charge in [0.2, 0.25) is 0 Å². The molecule has 74 valence electrons. The van der Waals surface area contributed by atoms with E-state index in [2.05, 4.69) is 9.97 Å². The van der Waals surface area contributed by atoms with E-state index in [4.69, 9.17) is 0 Å².